The van der Waals surface area contributed by atoms with Gasteiger partial charge in [-0.1, -0.05) is 41.6 Å². The first kappa shape index (κ1) is 9.96. The van der Waals surface area contributed by atoms with Crippen molar-refractivity contribution < 1.29 is 4.39 Å². The molecule has 1 atom stereocenters. The highest BCUT2D eigenvalue weighted by Gasteiger charge is 1.97. The summed E-state index contributed by atoms with van der Waals surface area (Å²) < 4.78 is 13.2. The third-order valence-electron chi connectivity index (χ3n) is 1.74. The molecule has 0 aliphatic carbocycles. The van der Waals surface area contributed by atoms with E-state index in [1.54, 1.807) is 0 Å². The molecule has 2 heteroatoms. The van der Waals surface area contributed by atoms with Crippen molar-refractivity contribution in [2.24, 2.45) is 0 Å². The van der Waals surface area contributed by atoms with Crippen LogP contribution in [0.5, 0.6) is 0 Å². The summed E-state index contributed by atoms with van der Waals surface area (Å²) in [6.45, 7) is 2.18. The molecular weight excluding hydrogens is 266 g/mol. The van der Waals surface area contributed by atoms with Crippen LogP contribution in [0.1, 0.15) is 18.9 Å². The van der Waals surface area contributed by atoms with Crippen LogP contribution >= 0.6 is 22.6 Å². The summed E-state index contributed by atoms with van der Waals surface area (Å²) in [5, 5.41) is 0. The fraction of sp³-hybridized carbons (Fsp3) is 0.400. The lowest BCUT2D eigenvalue weighted by Gasteiger charge is -2.02. The van der Waals surface area contributed by atoms with Crippen LogP contribution in [0.2, 0.25) is 0 Å². The summed E-state index contributed by atoms with van der Waals surface area (Å²) >= 11 is 2.40. The minimum atomic E-state index is -0.152. The first-order valence-electron chi connectivity index (χ1n) is 4.07. The molecule has 12 heavy (non-hydrogen) atoms. The molecule has 0 radical (unpaired) electrons. The summed E-state index contributed by atoms with van der Waals surface area (Å²) in [4.78, 5) is 0. The molecule has 0 N–H and O–H groups in total. The first-order valence-corrected chi connectivity index (χ1v) is 5.31. The molecule has 0 saturated carbocycles. The molecule has 0 bridgehead atoms. The summed E-state index contributed by atoms with van der Waals surface area (Å²) in [5.41, 5.74) is 1.22. The van der Waals surface area contributed by atoms with E-state index >= 15 is 0 Å². The van der Waals surface area contributed by atoms with E-state index < -0.39 is 0 Å². The van der Waals surface area contributed by atoms with Gasteiger partial charge in [0.15, 0.2) is 0 Å². The van der Waals surface area contributed by atoms with Crippen LogP contribution < -0.4 is 0 Å². The Labute approximate surface area is 86.3 Å². The lowest BCUT2D eigenvalue weighted by atomic mass is 10.1. The second kappa shape index (κ2) is 4.80. The van der Waals surface area contributed by atoms with E-state index in [4.69, 9.17) is 0 Å². The molecular formula is C10H12FI. The van der Waals surface area contributed by atoms with Crippen LogP contribution in [0, 0.1) is 5.82 Å². The van der Waals surface area contributed by atoms with Gasteiger partial charge in [-0.15, -0.1) is 0 Å². The van der Waals surface area contributed by atoms with Gasteiger partial charge in [-0.3, -0.25) is 0 Å². The van der Waals surface area contributed by atoms with Crippen molar-refractivity contribution in [1.29, 1.82) is 0 Å². The average Bonchev–Trinajstić information content (AvgIpc) is 2.03. The van der Waals surface area contributed by atoms with E-state index in [9.17, 15) is 4.39 Å². The molecule has 0 fully saturated rings. The van der Waals surface area contributed by atoms with Crippen molar-refractivity contribution in [2.45, 2.75) is 23.7 Å². The molecule has 0 aliphatic rings. The third-order valence-corrected chi connectivity index (χ3v) is 2.37. The number of rotatable bonds is 3. The number of benzene rings is 1. The molecule has 0 spiro atoms. The van der Waals surface area contributed by atoms with Gasteiger partial charge in [0.2, 0.25) is 0 Å². The van der Waals surface area contributed by atoms with Gasteiger partial charge in [0.1, 0.15) is 5.82 Å². The fourth-order valence-corrected chi connectivity index (χ4v) is 1.33. The lowest BCUT2D eigenvalue weighted by molar-refractivity contribution is 0.626. The van der Waals surface area contributed by atoms with Gasteiger partial charge in [0.25, 0.3) is 0 Å². The topological polar surface area (TPSA) is 0 Å². The zero-order valence-electron chi connectivity index (χ0n) is 7.06. The number of halogens is 2. The summed E-state index contributed by atoms with van der Waals surface area (Å²) in [6.07, 6.45) is 2.20. The molecule has 1 aromatic rings. The molecule has 0 nitrogen and oxygen atoms in total. The van der Waals surface area contributed by atoms with Crippen molar-refractivity contribution in [3.63, 3.8) is 0 Å². The van der Waals surface area contributed by atoms with Crippen LogP contribution in [-0.4, -0.2) is 3.92 Å². The maximum atomic E-state index is 12.5. The summed E-state index contributed by atoms with van der Waals surface area (Å²) in [7, 11) is 0. The highest BCUT2D eigenvalue weighted by Crippen LogP contribution is 2.11. The second-order valence-electron chi connectivity index (χ2n) is 2.95. The molecule has 0 aliphatic heterocycles. The van der Waals surface area contributed by atoms with Crippen molar-refractivity contribution in [3.05, 3.63) is 35.6 Å². The Morgan fingerprint density at radius 2 is 1.92 bits per heavy atom. The predicted molar refractivity (Wildman–Crippen MR) is 58.2 cm³/mol. The summed E-state index contributed by atoms with van der Waals surface area (Å²) in [5.74, 6) is -0.152. The van der Waals surface area contributed by atoms with E-state index in [1.165, 1.54) is 17.7 Å². The van der Waals surface area contributed by atoms with Crippen molar-refractivity contribution >= 4 is 22.6 Å². The second-order valence-corrected chi connectivity index (χ2v) is 5.07. The Hall–Kier alpha value is -0.120. The summed E-state index contributed by atoms with van der Waals surface area (Å²) in [6, 6.07) is 6.75. The van der Waals surface area contributed by atoms with Crippen molar-refractivity contribution in [1.82, 2.24) is 0 Å². The van der Waals surface area contributed by atoms with Gasteiger partial charge in [-0.05, 0) is 30.5 Å². The number of aryl methyl sites for hydroxylation is 1. The van der Waals surface area contributed by atoms with Gasteiger partial charge < -0.3 is 0 Å². The Balaban J connectivity index is 2.48. The largest absolute Gasteiger partial charge is 0.207 e. The normalized spacial score (nSPS) is 12.9. The van der Waals surface area contributed by atoms with Gasteiger partial charge in [0, 0.05) is 3.92 Å². The average molecular weight is 278 g/mol. The number of hydrogen-bond donors (Lipinski definition) is 0. The molecule has 66 valence electrons. The third kappa shape index (κ3) is 3.52. The number of alkyl halides is 1. The first-order chi connectivity index (χ1) is 5.68. The molecule has 1 aromatic carbocycles. The SMILES string of the molecule is CC(I)CCc1ccc(F)cc1. The van der Waals surface area contributed by atoms with Crippen LogP contribution in [-0.2, 0) is 6.42 Å². The Kier molecular flexibility index (Phi) is 3.98. The van der Waals surface area contributed by atoms with Gasteiger partial charge in [0.05, 0.1) is 0 Å². The molecule has 0 aromatic heterocycles. The van der Waals surface area contributed by atoms with Crippen LogP contribution in [0.4, 0.5) is 4.39 Å². The van der Waals surface area contributed by atoms with Gasteiger partial charge in [-0.25, -0.2) is 4.39 Å². The van der Waals surface area contributed by atoms with Gasteiger partial charge >= 0.3 is 0 Å². The zero-order valence-corrected chi connectivity index (χ0v) is 9.21. The Morgan fingerprint density at radius 1 is 1.33 bits per heavy atom. The van der Waals surface area contributed by atoms with E-state index in [1.807, 2.05) is 12.1 Å². The highest BCUT2D eigenvalue weighted by molar-refractivity contribution is 14.1. The Morgan fingerprint density at radius 3 is 2.42 bits per heavy atom. The number of hydrogen-bond acceptors (Lipinski definition) is 0. The van der Waals surface area contributed by atoms with Gasteiger partial charge in [-0.2, -0.15) is 0 Å². The van der Waals surface area contributed by atoms with E-state index in [2.05, 4.69) is 29.5 Å². The molecule has 1 unspecified atom stereocenters. The Bertz CT molecular complexity index is 228. The monoisotopic (exact) mass is 278 g/mol. The highest BCUT2D eigenvalue weighted by atomic mass is 127. The van der Waals surface area contributed by atoms with E-state index in [0.29, 0.717) is 3.92 Å². The minimum Gasteiger partial charge on any atom is -0.207 e. The quantitative estimate of drug-likeness (QED) is 0.585. The van der Waals surface area contributed by atoms with E-state index in [-0.39, 0.29) is 5.82 Å². The maximum Gasteiger partial charge on any atom is 0.123 e. The molecule has 0 saturated heterocycles. The molecule has 0 amide bonds. The van der Waals surface area contributed by atoms with Crippen LogP contribution in [0.3, 0.4) is 0 Å². The fourth-order valence-electron chi connectivity index (χ4n) is 1.02. The van der Waals surface area contributed by atoms with Crippen molar-refractivity contribution in [2.75, 3.05) is 0 Å². The minimum absolute atomic E-state index is 0.152. The van der Waals surface area contributed by atoms with Crippen LogP contribution in [0.25, 0.3) is 0 Å². The lowest BCUT2D eigenvalue weighted by Crippen LogP contribution is -1.93. The maximum absolute atomic E-state index is 12.5. The predicted octanol–water partition coefficient (Wildman–Crippen LogP) is 3.58. The zero-order chi connectivity index (χ0) is 8.97. The smallest absolute Gasteiger partial charge is 0.123 e. The van der Waals surface area contributed by atoms with Crippen LogP contribution in [0.15, 0.2) is 24.3 Å². The standard InChI is InChI=1S/C10H12FI/c1-8(12)2-3-9-4-6-10(11)7-5-9/h4-8H,2-3H2,1H3. The molecule has 0 heterocycles. The van der Waals surface area contributed by atoms with E-state index in [0.717, 1.165) is 12.8 Å². The molecule has 1 rings (SSSR count). The van der Waals surface area contributed by atoms with Crippen molar-refractivity contribution in [3.8, 4) is 0 Å².